The maximum Gasteiger partial charge on any atom is 0.305 e. The second-order valence-electron chi connectivity index (χ2n) is 11.1. The van der Waals surface area contributed by atoms with Crippen molar-refractivity contribution in [1.29, 1.82) is 0 Å². The Bertz CT molecular complexity index is 1370. The number of rotatable bonds is 11. The highest BCUT2D eigenvalue weighted by Crippen LogP contribution is 2.53. The molecule has 1 aromatic heterocycles. The molecule has 0 aliphatic carbocycles. The highest BCUT2D eigenvalue weighted by Gasteiger charge is 2.38. The SMILES string of the molecule is CC(C)c1c(C=CC(O)CC(O)CC(=O)O)c(-c2ccc(F)cc2)c(OCc2ccccn2)c2c1CC(C)(C)O2. The predicted molar refractivity (Wildman–Crippen MR) is 151 cm³/mol. The van der Waals surface area contributed by atoms with Gasteiger partial charge in [-0.3, -0.25) is 9.78 Å². The Morgan fingerprint density at radius 3 is 2.52 bits per heavy atom. The van der Waals surface area contributed by atoms with Crippen LogP contribution in [-0.2, 0) is 17.8 Å². The average molecular weight is 550 g/mol. The molecule has 0 radical (unpaired) electrons. The minimum Gasteiger partial charge on any atom is -0.483 e. The van der Waals surface area contributed by atoms with E-state index in [4.69, 9.17) is 14.6 Å². The van der Waals surface area contributed by atoms with Gasteiger partial charge in [0, 0.05) is 30.2 Å². The molecule has 3 N–H and O–H groups in total. The van der Waals surface area contributed by atoms with Crippen LogP contribution in [0, 0.1) is 5.82 Å². The molecule has 40 heavy (non-hydrogen) atoms. The minimum absolute atomic E-state index is 0.0599. The number of carbonyl (C=O) groups is 1. The van der Waals surface area contributed by atoms with Crippen molar-refractivity contribution in [2.24, 2.45) is 0 Å². The number of nitrogens with zero attached hydrogens (tertiary/aromatic N) is 1. The molecule has 7 nitrogen and oxygen atoms in total. The summed E-state index contributed by atoms with van der Waals surface area (Å²) in [6.45, 7) is 8.36. The number of aliphatic carboxylic acids is 1. The van der Waals surface area contributed by atoms with E-state index in [9.17, 15) is 19.4 Å². The van der Waals surface area contributed by atoms with E-state index < -0.39 is 30.2 Å². The topological polar surface area (TPSA) is 109 Å². The Morgan fingerprint density at radius 2 is 1.90 bits per heavy atom. The van der Waals surface area contributed by atoms with Crippen LogP contribution in [0.1, 0.15) is 68.8 Å². The van der Waals surface area contributed by atoms with Crippen molar-refractivity contribution in [2.75, 3.05) is 0 Å². The monoisotopic (exact) mass is 549 g/mol. The number of carboxylic acid groups (broad SMARTS) is 1. The van der Waals surface area contributed by atoms with Gasteiger partial charge in [0.2, 0.25) is 0 Å². The molecule has 4 rings (SSSR count). The second-order valence-corrected chi connectivity index (χ2v) is 11.1. The summed E-state index contributed by atoms with van der Waals surface area (Å²) in [5.41, 5.74) is 4.43. The molecule has 1 aliphatic rings. The third kappa shape index (κ3) is 6.87. The van der Waals surface area contributed by atoms with Crippen LogP contribution in [0.4, 0.5) is 4.39 Å². The molecule has 0 spiro atoms. The molecule has 212 valence electrons. The average Bonchev–Trinajstić information content (AvgIpc) is 3.20. The van der Waals surface area contributed by atoms with Gasteiger partial charge in [0.15, 0.2) is 11.5 Å². The van der Waals surface area contributed by atoms with Gasteiger partial charge in [0.1, 0.15) is 18.0 Å². The zero-order valence-corrected chi connectivity index (χ0v) is 23.2. The van der Waals surface area contributed by atoms with Crippen molar-refractivity contribution in [1.82, 2.24) is 4.98 Å². The van der Waals surface area contributed by atoms with Crippen LogP contribution < -0.4 is 9.47 Å². The Kier molecular flexibility index (Phi) is 8.91. The molecule has 2 atom stereocenters. The lowest BCUT2D eigenvalue weighted by atomic mass is 9.83. The lowest BCUT2D eigenvalue weighted by molar-refractivity contribution is -0.139. The van der Waals surface area contributed by atoms with E-state index in [1.807, 2.05) is 32.0 Å². The van der Waals surface area contributed by atoms with Crippen molar-refractivity contribution in [3.05, 3.63) is 82.9 Å². The molecular formula is C32H36FNO6. The number of pyridine rings is 1. The maximum absolute atomic E-state index is 14.0. The third-order valence-electron chi connectivity index (χ3n) is 6.78. The van der Waals surface area contributed by atoms with Crippen LogP contribution in [0.2, 0.25) is 0 Å². The van der Waals surface area contributed by atoms with Gasteiger partial charge in [-0.15, -0.1) is 0 Å². The number of hydrogen-bond donors (Lipinski definition) is 3. The van der Waals surface area contributed by atoms with Crippen molar-refractivity contribution in [3.63, 3.8) is 0 Å². The van der Waals surface area contributed by atoms with Gasteiger partial charge in [0.25, 0.3) is 0 Å². The minimum atomic E-state index is -1.19. The first kappa shape index (κ1) is 29.2. The van der Waals surface area contributed by atoms with Gasteiger partial charge in [-0.05, 0) is 60.7 Å². The van der Waals surface area contributed by atoms with Crippen LogP contribution in [0.3, 0.4) is 0 Å². The summed E-state index contributed by atoms with van der Waals surface area (Å²) < 4.78 is 26.9. The molecule has 0 fully saturated rings. The van der Waals surface area contributed by atoms with Crippen LogP contribution in [-0.4, -0.2) is 44.1 Å². The van der Waals surface area contributed by atoms with Gasteiger partial charge in [-0.2, -0.15) is 0 Å². The van der Waals surface area contributed by atoms with E-state index in [0.717, 1.165) is 22.4 Å². The van der Waals surface area contributed by atoms with Crippen molar-refractivity contribution in [2.45, 2.75) is 77.3 Å². The van der Waals surface area contributed by atoms with Crippen molar-refractivity contribution < 1.29 is 34.0 Å². The number of aromatic nitrogens is 1. The predicted octanol–water partition coefficient (Wildman–Crippen LogP) is 5.90. The first-order valence-corrected chi connectivity index (χ1v) is 13.4. The Balaban J connectivity index is 1.91. The van der Waals surface area contributed by atoms with Gasteiger partial charge in [-0.1, -0.05) is 44.2 Å². The number of halogens is 1. The summed E-state index contributed by atoms with van der Waals surface area (Å²) in [6.07, 6.45) is 2.80. The third-order valence-corrected chi connectivity index (χ3v) is 6.78. The summed E-state index contributed by atoms with van der Waals surface area (Å²) in [6, 6.07) is 11.7. The molecule has 8 heteroatoms. The number of ether oxygens (including phenoxy) is 2. The summed E-state index contributed by atoms with van der Waals surface area (Å²) in [5.74, 6) is -0.312. The summed E-state index contributed by atoms with van der Waals surface area (Å²) in [7, 11) is 0. The number of aliphatic hydroxyl groups is 2. The van der Waals surface area contributed by atoms with Gasteiger partial charge in [0.05, 0.1) is 24.3 Å². The van der Waals surface area contributed by atoms with Crippen LogP contribution in [0.25, 0.3) is 17.2 Å². The number of hydrogen-bond acceptors (Lipinski definition) is 6. The number of aliphatic hydroxyl groups excluding tert-OH is 2. The standard InChI is InChI=1S/C32H36FNO6/c1-19(2)28-25(13-12-23(35)15-24(36)16-27(37)38)29(20-8-10-21(33)11-9-20)31(30-26(28)17-32(3,4)40-30)39-18-22-7-5-6-14-34-22/h5-14,19,23-24,35-36H,15-18H2,1-4H3,(H,37,38). The number of benzene rings is 2. The fourth-order valence-corrected chi connectivity index (χ4v) is 5.17. The Morgan fingerprint density at radius 1 is 1.18 bits per heavy atom. The van der Waals surface area contributed by atoms with E-state index >= 15 is 0 Å². The molecular weight excluding hydrogens is 513 g/mol. The molecule has 0 amide bonds. The largest absolute Gasteiger partial charge is 0.483 e. The first-order valence-electron chi connectivity index (χ1n) is 13.4. The zero-order valence-electron chi connectivity index (χ0n) is 23.2. The highest BCUT2D eigenvalue weighted by atomic mass is 19.1. The molecule has 0 bridgehead atoms. The van der Waals surface area contributed by atoms with E-state index in [-0.39, 0.29) is 24.8 Å². The lowest BCUT2D eigenvalue weighted by Crippen LogP contribution is -2.25. The van der Waals surface area contributed by atoms with Crippen molar-refractivity contribution >= 4 is 12.0 Å². The van der Waals surface area contributed by atoms with Crippen LogP contribution in [0.15, 0.2) is 54.7 Å². The molecule has 3 aromatic rings. The van der Waals surface area contributed by atoms with E-state index in [0.29, 0.717) is 29.0 Å². The molecule has 2 aromatic carbocycles. The molecule has 2 unspecified atom stereocenters. The molecule has 0 saturated carbocycles. The highest BCUT2D eigenvalue weighted by molar-refractivity contribution is 5.87. The van der Waals surface area contributed by atoms with Gasteiger partial charge in [-0.25, -0.2) is 4.39 Å². The fourth-order valence-electron chi connectivity index (χ4n) is 5.17. The Labute approximate surface area is 233 Å². The second kappa shape index (κ2) is 12.2. The van der Waals surface area contributed by atoms with Crippen LogP contribution in [0.5, 0.6) is 11.5 Å². The quantitative estimate of drug-likeness (QED) is 0.273. The first-order chi connectivity index (χ1) is 18.9. The van der Waals surface area contributed by atoms with Crippen LogP contribution >= 0.6 is 0 Å². The van der Waals surface area contributed by atoms with Crippen molar-refractivity contribution in [3.8, 4) is 22.6 Å². The molecule has 1 aliphatic heterocycles. The van der Waals surface area contributed by atoms with Gasteiger partial charge < -0.3 is 24.8 Å². The summed E-state index contributed by atoms with van der Waals surface area (Å²) >= 11 is 0. The normalized spacial score (nSPS) is 15.6. The van der Waals surface area contributed by atoms with E-state index in [1.54, 1.807) is 30.5 Å². The fraction of sp³-hybridized carbons (Fsp3) is 0.375. The maximum atomic E-state index is 14.0. The lowest BCUT2D eigenvalue weighted by Gasteiger charge is -2.24. The number of carboxylic acids is 1. The van der Waals surface area contributed by atoms with E-state index in [1.165, 1.54) is 12.1 Å². The zero-order chi connectivity index (χ0) is 29.0. The smallest absolute Gasteiger partial charge is 0.305 e. The van der Waals surface area contributed by atoms with E-state index in [2.05, 4.69) is 18.8 Å². The Hall–Kier alpha value is -3.75. The summed E-state index contributed by atoms with van der Waals surface area (Å²) in [4.78, 5) is 15.3. The number of fused-ring (bicyclic) bond motifs is 1. The van der Waals surface area contributed by atoms with Gasteiger partial charge >= 0.3 is 5.97 Å². The summed E-state index contributed by atoms with van der Waals surface area (Å²) in [5, 5.41) is 29.7. The molecule has 0 saturated heterocycles. The molecule has 2 heterocycles.